The average molecular weight is 264 g/mol. The van der Waals surface area contributed by atoms with Gasteiger partial charge in [0.15, 0.2) is 5.69 Å². The van der Waals surface area contributed by atoms with Gasteiger partial charge in [-0.05, 0) is 31.4 Å². The molecule has 0 atom stereocenters. The molecule has 0 aliphatic rings. The molecular formula is C14H20N2O3. The number of nitrogens with two attached hydrogens (primary N) is 1. The van der Waals surface area contributed by atoms with E-state index >= 15 is 0 Å². The zero-order chi connectivity index (χ0) is 14.3. The molecule has 5 heteroatoms. The van der Waals surface area contributed by atoms with Crippen LogP contribution in [0.15, 0.2) is 12.3 Å². The highest BCUT2D eigenvalue weighted by molar-refractivity contribution is 6.04. The van der Waals surface area contributed by atoms with Crippen LogP contribution in [0, 0.1) is 0 Å². The van der Waals surface area contributed by atoms with Gasteiger partial charge in [0, 0.05) is 6.20 Å². The molecule has 1 rings (SSSR count). The van der Waals surface area contributed by atoms with Gasteiger partial charge in [0.25, 0.3) is 5.91 Å². The number of nitrogens with zero attached hydrogens (tertiary/aromatic N) is 1. The monoisotopic (exact) mass is 264 g/mol. The summed E-state index contributed by atoms with van der Waals surface area (Å²) in [5, 5.41) is 0. The summed E-state index contributed by atoms with van der Waals surface area (Å²) < 4.78 is 4.89. The maximum Gasteiger partial charge on any atom is 0.357 e. The molecular weight excluding hydrogens is 244 g/mol. The van der Waals surface area contributed by atoms with Crippen molar-refractivity contribution in [3.8, 4) is 0 Å². The summed E-state index contributed by atoms with van der Waals surface area (Å²) in [4.78, 5) is 27.3. The molecule has 5 nitrogen and oxygen atoms in total. The van der Waals surface area contributed by atoms with Crippen LogP contribution in [0.3, 0.4) is 0 Å². The second-order valence-electron chi connectivity index (χ2n) is 4.24. The zero-order valence-electron chi connectivity index (χ0n) is 11.4. The van der Waals surface area contributed by atoms with Crippen LogP contribution >= 0.6 is 0 Å². The summed E-state index contributed by atoms with van der Waals surface area (Å²) in [6.07, 6.45) is 5.32. The molecule has 0 aliphatic heterocycles. The van der Waals surface area contributed by atoms with Gasteiger partial charge < -0.3 is 10.5 Å². The maximum absolute atomic E-state index is 11.8. The largest absolute Gasteiger partial charge is 0.461 e. The molecule has 104 valence electrons. The summed E-state index contributed by atoms with van der Waals surface area (Å²) in [6.45, 7) is 4.04. The predicted molar refractivity (Wildman–Crippen MR) is 71.9 cm³/mol. The van der Waals surface area contributed by atoms with E-state index in [9.17, 15) is 9.59 Å². The standard InChI is InChI=1S/C14H20N2O3/c1-3-5-6-7-10-8-9-16-12(11(10)13(15)17)14(18)19-4-2/h8-9H,3-7H2,1-2H3,(H2,15,17). The van der Waals surface area contributed by atoms with Crippen LogP contribution in [0.25, 0.3) is 0 Å². The lowest BCUT2D eigenvalue weighted by Crippen LogP contribution is -2.21. The van der Waals surface area contributed by atoms with Crippen LogP contribution in [0.5, 0.6) is 0 Å². The Balaban J connectivity index is 3.07. The van der Waals surface area contributed by atoms with Gasteiger partial charge in [0.1, 0.15) is 0 Å². The number of unbranched alkanes of at least 4 members (excludes halogenated alkanes) is 2. The van der Waals surface area contributed by atoms with Gasteiger partial charge in [-0.3, -0.25) is 4.79 Å². The van der Waals surface area contributed by atoms with Crippen molar-refractivity contribution in [2.24, 2.45) is 5.73 Å². The zero-order valence-corrected chi connectivity index (χ0v) is 11.4. The molecule has 0 fully saturated rings. The van der Waals surface area contributed by atoms with Crippen molar-refractivity contribution in [3.05, 3.63) is 29.1 Å². The molecule has 0 radical (unpaired) electrons. The second-order valence-corrected chi connectivity index (χ2v) is 4.24. The number of rotatable bonds is 7. The highest BCUT2D eigenvalue weighted by Crippen LogP contribution is 2.16. The molecule has 2 N–H and O–H groups in total. The topological polar surface area (TPSA) is 82.3 Å². The van der Waals surface area contributed by atoms with E-state index in [2.05, 4.69) is 11.9 Å². The number of primary amides is 1. The summed E-state index contributed by atoms with van der Waals surface area (Å²) in [6, 6.07) is 1.73. The highest BCUT2D eigenvalue weighted by Gasteiger charge is 2.21. The van der Waals surface area contributed by atoms with Gasteiger partial charge in [0.05, 0.1) is 12.2 Å². The van der Waals surface area contributed by atoms with E-state index in [1.54, 1.807) is 13.0 Å². The van der Waals surface area contributed by atoms with E-state index < -0.39 is 11.9 Å². The minimum atomic E-state index is -0.636. The molecule has 0 saturated carbocycles. The Morgan fingerprint density at radius 3 is 2.63 bits per heavy atom. The Morgan fingerprint density at radius 2 is 2.05 bits per heavy atom. The summed E-state index contributed by atoms with van der Waals surface area (Å²) in [5.41, 5.74) is 6.34. The van der Waals surface area contributed by atoms with Crippen molar-refractivity contribution in [2.75, 3.05) is 6.61 Å². The number of aromatic nitrogens is 1. The molecule has 1 aromatic heterocycles. The third kappa shape index (κ3) is 4.05. The molecule has 0 bridgehead atoms. The Morgan fingerprint density at radius 1 is 1.32 bits per heavy atom. The first-order valence-electron chi connectivity index (χ1n) is 6.56. The summed E-state index contributed by atoms with van der Waals surface area (Å²) >= 11 is 0. The molecule has 0 aromatic carbocycles. The number of carbonyl (C=O) groups excluding carboxylic acids is 2. The fourth-order valence-corrected chi connectivity index (χ4v) is 1.90. The van der Waals surface area contributed by atoms with Crippen LogP contribution in [-0.4, -0.2) is 23.5 Å². The Labute approximate surface area is 113 Å². The molecule has 1 amide bonds. The van der Waals surface area contributed by atoms with Crippen molar-refractivity contribution >= 4 is 11.9 Å². The maximum atomic E-state index is 11.8. The molecule has 0 spiro atoms. The number of aryl methyl sites for hydroxylation is 1. The lowest BCUT2D eigenvalue weighted by atomic mass is 10.00. The number of carbonyl (C=O) groups is 2. The number of esters is 1. The van der Waals surface area contributed by atoms with Gasteiger partial charge in [-0.15, -0.1) is 0 Å². The predicted octanol–water partition coefficient (Wildman–Crippen LogP) is 2.09. The van der Waals surface area contributed by atoms with E-state index in [1.807, 2.05) is 0 Å². The second kappa shape index (κ2) is 7.51. The van der Waals surface area contributed by atoms with Crippen molar-refractivity contribution in [2.45, 2.75) is 39.5 Å². The van der Waals surface area contributed by atoms with E-state index in [4.69, 9.17) is 10.5 Å². The van der Waals surface area contributed by atoms with Gasteiger partial charge in [0.2, 0.25) is 0 Å². The number of hydrogen-bond donors (Lipinski definition) is 1. The molecule has 19 heavy (non-hydrogen) atoms. The molecule has 0 unspecified atom stereocenters. The third-order valence-electron chi connectivity index (χ3n) is 2.80. The van der Waals surface area contributed by atoms with Crippen LogP contribution in [0.1, 0.15) is 59.5 Å². The number of pyridine rings is 1. The summed E-state index contributed by atoms with van der Waals surface area (Å²) in [5.74, 6) is -1.24. The van der Waals surface area contributed by atoms with Gasteiger partial charge in [-0.1, -0.05) is 19.8 Å². The van der Waals surface area contributed by atoms with Crippen LogP contribution < -0.4 is 5.73 Å². The van der Waals surface area contributed by atoms with Gasteiger partial charge >= 0.3 is 5.97 Å². The first-order chi connectivity index (χ1) is 9.11. The van der Waals surface area contributed by atoms with Crippen molar-refractivity contribution < 1.29 is 14.3 Å². The number of ether oxygens (including phenoxy) is 1. The molecule has 0 aliphatic carbocycles. The Kier molecular flexibility index (Phi) is 5.99. The average Bonchev–Trinajstić information content (AvgIpc) is 2.38. The van der Waals surface area contributed by atoms with Gasteiger partial charge in [-0.2, -0.15) is 0 Å². The molecule has 1 aromatic rings. The lowest BCUT2D eigenvalue weighted by molar-refractivity contribution is 0.0516. The van der Waals surface area contributed by atoms with Crippen LogP contribution in [-0.2, 0) is 11.2 Å². The Hall–Kier alpha value is -1.91. The Bertz CT molecular complexity index is 458. The minimum absolute atomic E-state index is 0.0170. The van der Waals surface area contributed by atoms with E-state index in [0.29, 0.717) is 6.42 Å². The SMILES string of the molecule is CCCCCc1ccnc(C(=O)OCC)c1C(N)=O. The number of hydrogen-bond acceptors (Lipinski definition) is 4. The summed E-state index contributed by atoms with van der Waals surface area (Å²) in [7, 11) is 0. The lowest BCUT2D eigenvalue weighted by Gasteiger charge is -2.10. The first kappa shape index (κ1) is 15.1. The van der Waals surface area contributed by atoms with Crippen molar-refractivity contribution in [1.82, 2.24) is 4.98 Å². The fraction of sp³-hybridized carbons (Fsp3) is 0.500. The normalized spacial score (nSPS) is 10.2. The van der Waals surface area contributed by atoms with E-state index in [-0.39, 0.29) is 17.9 Å². The van der Waals surface area contributed by atoms with Crippen LogP contribution in [0.4, 0.5) is 0 Å². The minimum Gasteiger partial charge on any atom is -0.461 e. The first-order valence-corrected chi connectivity index (χ1v) is 6.56. The highest BCUT2D eigenvalue weighted by atomic mass is 16.5. The van der Waals surface area contributed by atoms with E-state index in [0.717, 1.165) is 24.8 Å². The molecule has 0 saturated heterocycles. The molecule has 1 heterocycles. The third-order valence-corrected chi connectivity index (χ3v) is 2.80. The van der Waals surface area contributed by atoms with E-state index in [1.165, 1.54) is 6.20 Å². The van der Waals surface area contributed by atoms with Crippen molar-refractivity contribution in [1.29, 1.82) is 0 Å². The van der Waals surface area contributed by atoms with Gasteiger partial charge in [-0.25, -0.2) is 9.78 Å². The van der Waals surface area contributed by atoms with Crippen LogP contribution in [0.2, 0.25) is 0 Å². The smallest absolute Gasteiger partial charge is 0.357 e. The van der Waals surface area contributed by atoms with Crippen molar-refractivity contribution in [3.63, 3.8) is 0 Å². The number of amides is 1. The quantitative estimate of drug-likeness (QED) is 0.604. The fourth-order valence-electron chi connectivity index (χ4n) is 1.90.